The minimum absolute atomic E-state index is 0.0101. The number of hydrogen-bond acceptors (Lipinski definition) is 9. The number of hydrogen-bond donors (Lipinski definition) is 1. The average Bonchev–Trinajstić information content (AvgIpc) is 3.45. The Morgan fingerprint density at radius 3 is 2.62 bits per heavy atom. The first kappa shape index (κ1) is 20.3. The fraction of sp³-hybridized carbons (Fsp3) is 0.476. The van der Waals surface area contributed by atoms with E-state index in [1.807, 2.05) is 16.4 Å². The molecule has 166 valence electrons. The monoisotopic (exact) mass is 436 g/mol. The van der Waals surface area contributed by atoms with Gasteiger partial charge in [0, 0.05) is 44.0 Å². The number of aromatic nitrogens is 6. The highest BCUT2D eigenvalue weighted by molar-refractivity contribution is 5.87. The number of anilines is 1. The summed E-state index contributed by atoms with van der Waals surface area (Å²) in [6.07, 6.45) is 7.51. The van der Waals surface area contributed by atoms with Gasteiger partial charge in [0.25, 0.3) is 0 Å². The number of rotatable bonds is 6. The molecule has 1 saturated carbocycles. The number of fused-ring (bicyclic) bond motifs is 1. The number of amides is 1. The summed E-state index contributed by atoms with van der Waals surface area (Å²) in [6.45, 7) is 4.07. The molecule has 32 heavy (non-hydrogen) atoms. The predicted octanol–water partition coefficient (Wildman–Crippen LogP) is 1.51. The van der Waals surface area contributed by atoms with Crippen LogP contribution in [0.1, 0.15) is 36.8 Å². The molecular formula is C21H24N8O3. The zero-order valence-electron chi connectivity index (χ0n) is 18.0. The van der Waals surface area contributed by atoms with Gasteiger partial charge in [-0.2, -0.15) is 0 Å². The number of ether oxygens (including phenoxy) is 1. The number of likely N-dealkylation sites (tertiary alicyclic amines) is 1. The molecule has 0 radical (unpaired) electrons. The number of nitrogens with zero attached hydrogens (tertiary/aromatic N) is 7. The van der Waals surface area contributed by atoms with Gasteiger partial charge in [-0.25, -0.2) is 29.7 Å². The molecule has 3 aromatic heterocycles. The van der Waals surface area contributed by atoms with Crippen molar-refractivity contribution in [2.45, 2.75) is 38.8 Å². The predicted molar refractivity (Wildman–Crippen MR) is 115 cm³/mol. The van der Waals surface area contributed by atoms with E-state index in [0.717, 1.165) is 25.8 Å². The van der Waals surface area contributed by atoms with Gasteiger partial charge in [-0.05, 0) is 26.2 Å². The summed E-state index contributed by atoms with van der Waals surface area (Å²) in [5.41, 5.74) is 2.00. The van der Waals surface area contributed by atoms with E-state index in [1.54, 1.807) is 12.4 Å². The van der Waals surface area contributed by atoms with Crippen LogP contribution in [0.5, 0.6) is 0 Å². The maximum absolute atomic E-state index is 12.4. The van der Waals surface area contributed by atoms with Crippen molar-refractivity contribution in [1.29, 1.82) is 0 Å². The quantitative estimate of drug-likeness (QED) is 0.572. The van der Waals surface area contributed by atoms with Crippen LogP contribution in [-0.2, 0) is 16.1 Å². The molecule has 1 N–H and O–H groups in total. The molecule has 1 saturated heterocycles. The number of carbonyl (C=O) groups excluding carboxylic acids is 2. The van der Waals surface area contributed by atoms with Crippen LogP contribution < -0.4 is 5.32 Å². The van der Waals surface area contributed by atoms with Crippen LogP contribution in [0.2, 0.25) is 0 Å². The SMILES string of the molecule is CCn1c(-c2cnc(C(=O)OC)nc2)nc2c(N[C@H]3CCN(C(=O)C4CC4)C3)ncnc21. The van der Waals surface area contributed by atoms with E-state index in [0.29, 0.717) is 41.5 Å². The first-order valence-electron chi connectivity index (χ1n) is 10.8. The largest absolute Gasteiger partial charge is 0.463 e. The zero-order valence-corrected chi connectivity index (χ0v) is 18.0. The molecule has 0 bridgehead atoms. The molecule has 1 amide bonds. The van der Waals surface area contributed by atoms with E-state index in [1.165, 1.54) is 13.4 Å². The molecule has 2 fully saturated rings. The van der Waals surface area contributed by atoms with E-state index >= 15 is 0 Å². The van der Waals surface area contributed by atoms with E-state index in [9.17, 15) is 9.59 Å². The third-order valence-electron chi connectivity index (χ3n) is 5.89. The first-order chi connectivity index (χ1) is 15.6. The third kappa shape index (κ3) is 3.63. The Morgan fingerprint density at radius 2 is 1.94 bits per heavy atom. The van der Waals surface area contributed by atoms with Crippen LogP contribution in [0.25, 0.3) is 22.6 Å². The second kappa shape index (κ2) is 8.13. The van der Waals surface area contributed by atoms with Gasteiger partial charge in [0.1, 0.15) is 12.2 Å². The Labute approximate surface area is 184 Å². The van der Waals surface area contributed by atoms with Crippen LogP contribution in [0.4, 0.5) is 5.82 Å². The Hall–Kier alpha value is -3.63. The fourth-order valence-corrected chi connectivity index (χ4v) is 4.06. The number of aryl methyl sites for hydroxylation is 1. The van der Waals surface area contributed by atoms with Gasteiger partial charge in [0.05, 0.1) is 12.7 Å². The standard InChI is InChI=1S/C21H24N8O3/c1-3-29-18(13-8-22-17(23-9-13)21(31)32-2)27-15-16(24-11-25-19(15)29)26-14-6-7-28(10-14)20(30)12-4-5-12/h8-9,11-12,14H,3-7,10H2,1-2H3,(H,24,25,26)/t14-/m0/s1. The minimum Gasteiger partial charge on any atom is -0.463 e. The summed E-state index contributed by atoms with van der Waals surface area (Å²) in [4.78, 5) is 47.8. The maximum atomic E-state index is 12.4. The fourth-order valence-electron chi connectivity index (χ4n) is 4.06. The van der Waals surface area contributed by atoms with Crippen molar-refractivity contribution >= 4 is 28.9 Å². The highest BCUT2D eigenvalue weighted by Gasteiger charge is 2.36. The maximum Gasteiger partial charge on any atom is 0.376 e. The summed E-state index contributed by atoms with van der Waals surface area (Å²) in [5.74, 6) is 1.18. The molecule has 5 rings (SSSR count). The Bertz CT molecular complexity index is 1170. The van der Waals surface area contributed by atoms with Gasteiger partial charge < -0.3 is 19.5 Å². The molecule has 11 heteroatoms. The Balaban J connectivity index is 1.42. The van der Waals surface area contributed by atoms with Gasteiger partial charge in [0.2, 0.25) is 11.7 Å². The van der Waals surface area contributed by atoms with Crippen molar-refractivity contribution in [2.24, 2.45) is 5.92 Å². The molecule has 4 heterocycles. The molecule has 3 aromatic rings. The first-order valence-corrected chi connectivity index (χ1v) is 10.8. The van der Waals surface area contributed by atoms with Crippen molar-refractivity contribution in [3.05, 3.63) is 24.5 Å². The van der Waals surface area contributed by atoms with Crippen LogP contribution in [0.15, 0.2) is 18.7 Å². The molecular weight excluding hydrogens is 412 g/mol. The second-order valence-corrected chi connectivity index (χ2v) is 8.05. The van der Waals surface area contributed by atoms with Crippen LogP contribution in [0, 0.1) is 5.92 Å². The number of esters is 1. The van der Waals surface area contributed by atoms with Gasteiger partial charge in [0.15, 0.2) is 17.0 Å². The summed E-state index contributed by atoms with van der Waals surface area (Å²) in [5, 5.41) is 3.46. The lowest BCUT2D eigenvalue weighted by molar-refractivity contribution is -0.131. The Morgan fingerprint density at radius 1 is 1.16 bits per heavy atom. The number of nitrogens with one attached hydrogen (secondary N) is 1. The van der Waals surface area contributed by atoms with E-state index in [2.05, 4.69) is 30.0 Å². The van der Waals surface area contributed by atoms with Gasteiger partial charge in [-0.1, -0.05) is 0 Å². The number of carbonyl (C=O) groups is 2. The lowest BCUT2D eigenvalue weighted by Crippen LogP contribution is -2.32. The summed E-state index contributed by atoms with van der Waals surface area (Å²) >= 11 is 0. The molecule has 0 aromatic carbocycles. The van der Waals surface area contributed by atoms with Crippen molar-refractivity contribution < 1.29 is 14.3 Å². The summed E-state index contributed by atoms with van der Waals surface area (Å²) < 4.78 is 6.61. The topological polar surface area (TPSA) is 128 Å². The second-order valence-electron chi connectivity index (χ2n) is 8.05. The van der Waals surface area contributed by atoms with Crippen LogP contribution >= 0.6 is 0 Å². The summed E-state index contributed by atoms with van der Waals surface area (Å²) in [7, 11) is 1.29. The lowest BCUT2D eigenvalue weighted by atomic mass is 10.2. The number of imidazole rings is 1. The molecule has 1 atom stereocenters. The van der Waals surface area contributed by atoms with E-state index < -0.39 is 5.97 Å². The van der Waals surface area contributed by atoms with Crippen molar-refractivity contribution in [3.63, 3.8) is 0 Å². The van der Waals surface area contributed by atoms with Crippen molar-refractivity contribution in [1.82, 2.24) is 34.4 Å². The molecule has 2 aliphatic rings. The smallest absolute Gasteiger partial charge is 0.376 e. The highest BCUT2D eigenvalue weighted by atomic mass is 16.5. The molecule has 0 spiro atoms. The van der Waals surface area contributed by atoms with E-state index in [4.69, 9.17) is 4.98 Å². The van der Waals surface area contributed by atoms with Gasteiger partial charge in [-0.15, -0.1) is 0 Å². The van der Waals surface area contributed by atoms with Crippen molar-refractivity contribution in [2.75, 3.05) is 25.5 Å². The third-order valence-corrected chi connectivity index (χ3v) is 5.89. The molecule has 11 nitrogen and oxygen atoms in total. The van der Waals surface area contributed by atoms with Crippen LogP contribution in [0.3, 0.4) is 0 Å². The molecule has 0 unspecified atom stereocenters. The molecule has 1 aliphatic carbocycles. The lowest BCUT2D eigenvalue weighted by Gasteiger charge is -2.17. The zero-order chi connectivity index (χ0) is 22.2. The van der Waals surface area contributed by atoms with Gasteiger partial charge in [-0.3, -0.25) is 4.79 Å². The summed E-state index contributed by atoms with van der Waals surface area (Å²) in [6, 6.07) is 0.119. The minimum atomic E-state index is -0.594. The number of methoxy groups -OCH3 is 1. The normalized spacial score (nSPS) is 18.2. The van der Waals surface area contributed by atoms with E-state index in [-0.39, 0.29) is 23.7 Å². The highest BCUT2D eigenvalue weighted by Crippen LogP contribution is 2.33. The van der Waals surface area contributed by atoms with Crippen molar-refractivity contribution in [3.8, 4) is 11.4 Å². The molecule has 1 aliphatic heterocycles. The Kier molecular flexibility index (Phi) is 5.16. The average molecular weight is 436 g/mol. The van der Waals surface area contributed by atoms with Gasteiger partial charge >= 0.3 is 5.97 Å². The van der Waals surface area contributed by atoms with Crippen LogP contribution in [-0.4, -0.2) is 72.5 Å².